The minimum atomic E-state index is 0.0450. The summed E-state index contributed by atoms with van der Waals surface area (Å²) in [6.45, 7) is 3.12. The van der Waals surface area contributed by atoms with Crippen molar-refractivity contribution >= 4 is 23.6 Å². The fourth-order valence-electron chi connectivity index (χ4n) is 2.19. The van der Waals surface area contributed by atoms with Crippen molar-refractivity contribution in [3.63, 3.8) is 0 Å². The van der Waals surface area contributed by atoms with Gasteiger partial charge in [0, 0.05) is 26.7 Å². The molecule has 5 nitrogen and oxygen atoms in total. The first kappa shape index (κ1) is 16.8. The van der Waals surface area contributed by atoms with E-state index in [2.05, 4.69) is 0 Å². The molecule has 0 spiro atoms. The van der Waals surface area contributed by atoms with Gasteiger partial charge >= 0.3 is 0 Å². The van der Waals surface area contributed by atoms with Gasteiger partial charge in [-0.1, -0.05) is 30.3 Å². The summed E-state index contributed by atoms with van der Waals surface area (Å²) in [6, 6.07) is 9.88. The topological polar surface area (TPSA) is 49.9 Å². The van der Waals surface area contributed by atoms with Gasteiger partial charge in [0.2, 0.25) is 11.8 Å². The molecular formula is C16H22N2O3S. The molecule has 0 aromatic heterocycles. The van der Waals surface area contributed by atoms with Crippen LogP contribution in [0.15, 0.2) is 30.3 Å². The number of hydrogen-bond donors (Lipinski definition) is 0. The minimum absolute atomic E-state index is 0.0450. The minimum Gasteiger partial charge on any atom is -0.378 e. The Hall–Kier alpha value is -1.53. The van der Waals surface area contributed by atoms with Crippen molar-refractivity contribution in [3.8, 4) is 0 Å². The van der Waals surface area contributed by atoms with Gasteiger partial charge in [-0.2, -0.15) is 0 Å². The van der Waals surface area contributed by atoms with Crippen molar-refractivity contribution in [2.45, 2.75) is 6.54 Å². The smallest absolute Gasteiger partial charge is 0.232 e. The molecule has 1 saturated heterocycles. The van der Waals surface area contributed by atoms with Gasteiger partial charge in [0.1, 0.15) is 0 Å². The molecule has 1 aliphatic rings. The molecule has 0 bridgehead atoms. The summed E-state index contributed by atoms with van der Waals surface area (Å²) in [5.74, 6) is 0.820. The lowest BCUT2D eigenvalue weighted by molar-refractivity contribution is -0.132. The predicted octanol–water partition coefficient (Wildman–Crippen LogP) is 1.24. The maximum Gasteiger partial charge on any atom is 0.232 e. The molecule has 0 atom stereocenters. The molecule has 2 rings (SSSR count). The van der Waals surface area contributed by atoms with Crippen LogP contribution in [-0.2, 0) is 20.9 Å². The summed E-state index contributed by atoms with van der Waals surface area (Å²) in [7, 11) is 1.79. The summed E-state index contributed by atoms with van der Waals surface area (Å²) < 4.78 is 5.22. The van der Waals surface area contributed by atoms with Crippen molar-refractivity contribution in [1.29, 1.82) is 0 Å². The zero-order chi connectivity index (χ0) is 15.8. The largest absolute Gasteiger partial charge is 0.378 e. The number of rotatable bonds is 6. The summed E-state index contributed by atoms with van der Waals surface area (Å²) >= 11 is 1.38. The van der Waals surface area contributed by atoms with Crippen molar-refractivity contribution in [2.24, 2.45) is 0 Å². The molecule has 0 radical (unpaired) electrons. The quantitative estimate of drug-likeness (QED) is 0.791. The molecule has 6 heteroatoms. The highest BCUT2D eigenvalue weighted by Crippen LogP contribution is 2.08. The summed E-state index contributed by atoms with van der Waals surface area (Å²) in [4.78, 5) is 27.5. The number of thioether (sulfide) groups is 1. The lowest BCUT2D eigenvalue weighted by Gasteiger charge is -2.26. The maximum atomic E-state index is 12.1. The van der Waals surface area contributed by atoms with Crippen molar-refractivity contribution in [1.82, 2.24) is 9.80 Å². The van der Waals surface area contributed by atoms with Crippen LogP contribution in [0.1, 0.15) is 5.56 Å². The maximum absolute atomic E-state index is 12.1. The van der Waals surface area contributed by atoms with E-state index in [9.17, 15) is 9.59 Å². The Kier molecular flexibility index (Phi) is 6.74. The molecule has 0 saturated carbocycles. The second kappa shape index (κ2) is 8.80. The molecule has 1 fully saturated rings. The SMILES string of the molecule is CN(Cc1ccccc1)C(=O)CSCC(=O)N1CCOCC1. The number of morpholine rings is 1. The molecule has 1 aliphatic heterocycles. The van der Waals surface area contributed by atoms with E-state index in [1.807, 2.05) is 30.3 Å². The second-order valence-electron chi connectivity index (χ2n) is 5.22. The predicted molar refractivity (Wildman–Crippen MR) is 87.6 cm³/mol. The van der Waals surface area contributed by atoms with Gasteiger partial charge in [0.25, 0.3) is 0 Å². The monoisotopic (exact) mass is 322 g/mol. The summed E-state index contributed by atoms with van der Waals surface area (Å²) in [5, 5.41) is 0. The Bertz CT molecular complexity index is 489. The van der Waals surface area contributed by atoms with E-state index < -0.39 is 0 Å². The third-order valence-corrected chi connectivity index (χ3v) is 4.41. The fraction of sp³-hybridized carbons (Fsp3) is 0.500. The van der Waals surface area contributed by atoms with Gasteiger partial charge < -0.3 is 14.5 Å². The van der Waals surface area contributed by atoms with E-state index in [-0.39, 0.29) is 11.8 Å². The highest BCUT2D eigenvalue weighted by molar-refractivity contribution is 8.00. The van der Waals surface area contributed by atoms with Crippen LogP contribution in [0.3, 0.4) is 0 Å². The van der Waals surface area contributed by atoms with Crippen LogP contribution in [-0.4, -0.2) is 66.5 Å². The number of nitrogens with zero attached hydrogens (tertiary/aromatic N) is 2. The number of carbonyl (C=O) groups is 2. The highest BCUT2D eigenvalue weighted by Gasteiger charge is 2.17. The number of amides is 2. The number of carbonyl (C=O) groups excluding carboxylic acids is 2. The Morgan fingerprint density at radius 1 is 1.18 bits per heavy atom. The molecule has 22 heavy (non-hydrogen) atoms. The lowest BCUT2D eigenvalue weighted by Crippen LogP contribution is -2.41. The average molecular weight is 322 g/mol. The second-order valence-corrected chi connectivity index (χ2v) is 6.21. The fourth-order valence-corrected chi connectivity index (χ4v) is 3.04. The van der Waals surface area contributed by atoms with Crippen LogP contribution in [0.4, 0.5) is 0 Å². The Balaban J connectivity index is 1.67. The van der Waals surface area contributed by atoms with Gasteiger partial charge in [-0.25, -0.2) is 0 Å². The van der Waals surface area contributed by atoms with Gasteiger partial charge in [-0.15, -0.1) is 11.8 Å². The van der Waals surface area contributed by atoms with Crippen LogP contribution >= 0.6 is 11.8 Å². The summed E-state index contributed by atoms with van der Waals surface area (Å²) in [5.41, 5.74) is 1.10. The van der Waals surface area contributed by atoms with Crippen molar-refractivity contribution in [3.05, 3.63) is 35.9 Å². The molecule has 1 heterocycles. The Morgan fingerprint density at radius 2 is 1.86 bits per heavy atom. The molecule has 120 valence electrons. The highest BCUT2D eigenvalue weighted by atomic mass is 32.2. The molecule has 0 aliphatic carbocycles. The molecule has 0 N–H and O–H groups in total. The normalized spacial score (nSPS) is 14.7. The number of benzene rings is 1. The lowest BCUT2D eigenvalue weighted by atomic mass is 10.2. The average Bonchev–Trinajstić information content (AvgIpc) is 2.56. The third kappa shape index (κ3) is 5.35. The first-order valence-electron chi connectivity index (χ1n) is 7.38. The van der Waals surface area contributed by atoms with Gasteiger partial charge in [-0.05, 0) is 5.56 Å². The van der Waals surface area contributed by atoms with Crippen LogP contribution in [0.5, 0.6) is 0 Å². The molecule has 1 aromatic rings. The molecule has 0 unspecified atom stereocenters. The third-order valence-electron chi connectivity index (χ3n) is 3.50. The summed E-state index contributed by atoms with van der Waals surface area (Å²) in [6.07, 6.45) is 0. The Labute approximate surface area is 135 Å². The zero-order valence-electron chi connectivity index (χ0n) is 12.9. The van der Waals surface area contributed by atoms with E-state index in [1.54, 1.807) is 16.8 Å². The van der Waals surface area contributed by atoms with Crippen LogP contribution in [0.25, 0.3) is 0 Å². The van der Waals surface area contributed by atoms with Crippen LogP contribution in [0, 0.1) is 0 Å². The van der Waals surface area contributed by atoms with Gasteiger partial charge in [-0.3, -0.25) is 9.59 Å². The van der Waals surface area contributed by atoms with E-state index in [0.717, 1.165) is 5.56 Å². The van der Waals surface area contributed by atoms with E-state index in [0.29, 0.717) is 44.4 Å². The van der Waals surface area contributed by atoms with Crippen LogP contribution < -0.4 is 0 Å². The van der Waals surface area contributed by atoms with E-state index >= 15 is 0 Å². The van der Waals surface area contributed by atoms with E-state index in [1.165, 1.54) is 11.8 Å². The van der Waals surface area contributed by atoms with E-state index in [4.69, 9.17) is 4.74 Å². The first-order chi connectivity index (χ1) is 10.7. The standard InChI is InChI=1S/C16H22N2O3S/c1-17(11-14-5-3-2-4-6-14)15(19)12-22-13-16(20)18-7-9-21-10-8-18/h2-6H,7-13H2,1H3. The molecule has 1 aromatic carbocycles. The van der Waals surface area contributed by atoms with Gasteiger partial charge in [0.15, 0.2) is 0 Å². The molecular weight excluding hydrogens is 300 g/mol. The number of ether oxygens (including phenoxy) is 1. The van der Waals surface area contributed by atoms with Crippen LogP contribution in [0.2, 0.25) is 0 Å². The Morgan fingerprint density at radius 3 is 2.55 bits per heavy atom. The number of hydrogen-bond acceptors (Lipinski definition) is 4. The zero-order valence-corrected chi connectivity index (χ0v) is 13.7. The van der Waals surface area contributed by atoms with Crippen molar-refractivity contribution < 1.29 is 14.3 Å². The molecule has 2 amide bonds. The van der Waals surface area contributed by atoms with Crippen molar-refractivity contribution in [2.75, 3.05) is 44.9 Å². The first-order valence-corrected chi connectivity index (χ1v) is 8.53. The van der Waals surface area contributed by atoms with Gasteiger partial charge in [0.05, 0.1) is 24.7 Å².